The zero-order valence-electron chi connectivity index (χ0n) is 16.0. The maximum absolute atomic E-state index is 12.7. The largest absolute Gasteiger partial charge is 0.481 e. The summed E-state index contributed by atoms with van der Waals surface area (Å²) in [6.07, 6.45) is 1.38. The van der Waals surface area contributed by atoms with E-state index in [1.807, 2.05) is 42.2 Å². The molecule has 7 heteroatoms. The van der Waals surface area contributed by atoms with Crippen LogP contribution in [-0.2, 0) is 17.9 Å². The van der Waals surface area contributed by atoms with Crippen molar-refractivity contribution in [3.8, 4) is 5.75 Å². The fourth-order valence-corrected chi connectivity index (χ4v) is 3.97. The lowest BCUT2D eigenvalue weighted by Crippen LogP contribution is -2.44. The Bertz CT molecular complexity index is 783. The van der Waals surface area contributed by atoms with Crippen molar-refractivity contribution >= 4 is 5.91 Å². The van der Waals surface area contributed by atoms with Crippen LogP contribution in [0.3, 0.4) is 0 Å². The van der Waals surface area contributed by atoms with E-state index in [9.17, 15) is 4.79 Å². The van der Waals surface area contributed by atoms with E-state index in [4.69, 9.17) is 4.74 Å². The molecular formula is C20H27N5O2. The number of hydrogen-bond donors (Lipinski definition) is 0. The summed E-state index contributed by atoms with van der Waals surface area (Å²) in [6.45, 7) is 6.16. The molecule has 27 heavy (non-hydrogen) atoms. The summed E-state index contributed by atoms with van der Waals surface area (Å²) < 4.78 is 8.07. The molecule has 2 aromatic rings. The van der Waals surface area contributed by atoms with Crippen molar-refractivity contribution in [2.75, 3.05) is 26.7 Å². The number of para-hydroxylation sites is 1. The first-order chi connectivity index (χ1) is 13.1. The summed E-state index contributed by atoms with van der Waals surface area (Å²) in [7, 11) is 2.11. The number of fused-ring (bicyclic) bond motifs is 1. The van der Waals surface area contributed by atoms with Crippen molar-refractivity contribution in [3.05, 3.63) is 42.0 Å². The number of rotatable bonds is 4. The van der Waals surface area contributed by atoms with Gasteiger partial charge in [-0.15, -0.1) is 10.2 Å². The van der Waals surface area contributed by atoms with Gasteiger partial charge >= 0.3 is 0 Å². The zero-order valence-corrected chi connectivity index (χ0v) is 16.0. The number of ether oxygens (including phenoxy) is 1. The molecule has 0 aliphatic carbocycles. The summed E-state index contributed by atoms with van der Waals surface area (Å²) in [5.74, 6) is 3.32. The predicted molar refractivity (Wildman–Crippen MR) is 101 cm³/mol. The number of nitrogens with zero attached hydrogens (tertiary/aromatic N) is 5. The third-order valence-electron chi connectivity index (χ3n) is 5.55. The monoisotopic (exact) mass is 369 g/mol. The molecule has 1 saturated heterocycles. The van der Waals surface area contributed by atoms with Crippen LogP contribution in [0.2, 0.25) is 0 Å². The Labute approximate surface area is 159 Å². The second kappa shape index (κ2) is 7.68. The van der Waals surface area contributed by atoms with Crippen molar-refractivity contribution in [3.63, 3.8) is 0 Å². The molecule has 0 saturated carbocycles. The number of benzene rings is 1. The van der Waals surface area contributed by atoms with E-state index in [-0.39, 0.29) is 5.91 Å². The van der Waals surface area contributed by atoms with Gasteiger partial charge in [0.15, 0.2) is 6.10 Å². The molecule has 144 valence electrons. The standard InChI is InChI=1S/C20H27N5O2/c1-15(27-17-6-4-3-5-7-17)20(26)24-10-8-16(9-11-24)19-22-21-18-14-23(2)12-13-25(18)19/h3-7,15-16H,8-14H2,1-2H3. The molecule has 0 bridgehead atoms. The van der Waals surface area contributed by atoms with E-state index in [1.54, 1.807) is 0 Å². The van der Waals surface area contributed by atoms with Gasteiger partial charge in [0.25, 0.3) is 5.91 Å². The first kappa shape index (κ1) is 18.0. The normalized spacial score (nSPS) is 19.6. The Balaban J connectivity index is 1.34. The van der Waals surface area contributed by atoms with Crippen molar-refractivity contribution in [1.82, 2.24) is 24.6 Å². The van der Waals surface area contributed by atoms with Gasteiger partial charge in [-0.25, -0.2) is 0 Å². The molecule has 1 aromatic carbocycles. The molecular weight excluding hydrogens is 342 g/mol. The molecule has 0 N–H and O–H groups in total. The van der Waals surface area contributed by atoms with Crippen LogP contribution in [0.25, 0.3) is 0 Å². The fourth-order valence-electron chi connectivity index (χ4n) is 3.97. The van der Waals surface area contributed by atoms with Crippen molar-refractivity contribution in [1.29, 1.82) is 0 Å². The van der Waals surface area contributed by atoms with E-state index in [0.29, 0.717) is 5.92 Å². The second-order valence-corrected chi connectivity index (χ2v) is 7.54. The quantitative estimate of drug-likeness (QED) is 0.824. The molecule has 0 spiro atoms. The molecule has 2 aliphatic rings. The molecule has 3 heterocycles. The Morgan fingerprint density at radius 2 is 1.85 bits per heavy atom. The maximum atomic E-state index is 12.7. The van der Waals surface area contributed by atoms with Gasteiger partial charge in [0, 0.05) is 32.1 Å². The minimum atomic E-state index is -0.472. The van der Waals surface area contributed by atoms with Crippen LogP contribution in [-0.4, -0.2) is 63.3 Å². The van der Waals surface area contributed by atoms with Gasteiger partial charge in [-0.05, 0) is 38.9 Å². The highest BCUT2D eigenvalue weighted by Crippen LogP contribution is 2.29. The Hall–Kier alpha value is -2.41. The van der Waals surface area contributed by atoms with Crippen LogP contribution in [0.15, 0.2) is 30.3 Å². The van der Waals surface area contributed by atoms with E-state index in [0.717, 1.165) is 63.0 Å². The number of piperidine rings is 1. The Morgan fingerprint density at radius 1 is 1.11 bits per heavy atom. The maximum Gasteiger partial charge on any atom is 0.263 e. The lowest BCUT2D eigenvalue weighted by Gasteiger charge is -2.34. The van der Waals surface area contributed by atoms with Crippen LogP contribution < -0.4 is 4.74 Å². The Morgan fingerprint density at radius 3 is 2.59 bits per heavy atom. The van der Waals surface area contributed by atoms with Crippen molar-refractivity contribution < 1.29 is 9.53 Å². The molecule has 1 amide bonds. The van der Waals surface area contributed by atoms with Gasteiger partial charge in [0.1, 0.15) is 17.4 Å². The van der Waals surface area contributed by atoms with Gasteiger partial charge in [0.2, 0.25) is 0 Å². The van der Waals surface area contributed by atoms with Crippen molar-refractivity contribution in [2.45, 2.75) is 44.9 Å². The topological polar surface area (TPSA) is 63.5 Å². The predicted octanol–water partition coefficient (Wildman–Crippen LogP) is 1.90. The average molecular weight is 369 g/mol. The summed E-state index contributed by atoms with van der Waals surface area (Å²) in [4.78, 5) is 16.9. The smallest absolute Gasteiger partial charge is 0.263 e. The first-order valence-electron chi connectivity index (χ1n) is 9.73. The number of carbonyl (C=O) groups excluding carboxylic acids is 1. The lowest BCUT2D eigenvalue weighted by molar-refractivity contribution is -0.139. The van der Waals surface area contributed by atoms with E-state index < -0.39 is 6.10 Å². The minimum Gasteiger partial charge on any atom is -0.481 e. The average Bonchev–Trinajstić information content (AvgIpc) is 3.11. The fraction of sp³-hybridized carbons (Fsp3) is 0.550. The third kappa shape index (κ3) is 3.83. The van der Waals surface area contributed by atoms with Crippen LogP contribution in [0.4, 0.5) is 0 Å². The van der Waals surface area contributed by atoms with Crippen LogP contribution in [0, 0.1) is 0 Å². The van der Waals surface area contributed by atoms with Crippen molar-refractivity contribution in [2.24, 2.45) is 0 Å². The highest BCUT2D eigenvalue weighted by atomic mass is 16.5. The van der Waals surface area contributed by atoms with Gasteiger partial charge in [-0.1, -0.05) is 18.2 Å². The van der Waals surface area contributed by atoms with Gasteiger partial charge in [-0.2, -0.15) is 0 Å². The molecule has 1 unspecified atom stereocenters. The minimum absolute atomic E-state index is 0.0576. The summed E-state index contributed by atoms with van der Waals surface area (Å²) >= 11 is 0. The third-order valence-corrected chi connectivity index (χ3v) is 5.55. The molecule has 1 fully saturated rings. The van der Waals surface area contributed by atoms with Crippen LogP contribution in [0.1, 0.15) is 37.3 Å². The number of aromatic nitrogens is 3. The molecule has 0 radical (unpaired) electrons. The molecule has 1 atom stereocenters. The zero-order chi connectivity index (χ0) is 18.8. The number of carbonyl (C=O) groups is 1. The van der Waals surface area contributed by atoms with Crippen LogP contribution >= 0.6 is 0 Å². The number of amides is 1. The van der Waals surface area contributed by atoms with E-state index in [2.05, 4.69) is 26.7 Å². The highest BCUT2D eigenvalue weighted by molar-refractivity contribution is 5.81. The molecule has 4 rings (SSSR count). The van der Waals surface area contributed by atoms with Crippen LogP contribution in [0.5, 0.6) is 5.75 Å². The Kier molecular flexibility index (Phi) is 5.11. The van der Waals surface area contributed by atoms with Gasteiger partial charge in [0.05, 0.1) is 6.54 Å². The number of likely N-dealkylation sites (tertiary alicyclic amines) is 1. The van der Waals surface area contributed by atoms with Gasteiger partial charge in [-0.3, -0.25) is 9.69 Å². The summed E-state index contributed by atoms with van der Waals surface area (Å²) in [5.41, 5.74) is 0. The number of hydrogen-bond acceptors (Lipinski definition) is 5. The number of likely N-dealkylation sites (N-methyl/N-ethyl adjacent to an activating group) is 1. The lowest BCUT2D eigenvalue weighted by atomic mass is 9.95. The second-order valence-electron chi connectivity index (χ2n) is 7.54. The van der Waals surface area contributed by atoms with E-state index in [1.165, 1.54) is 0 Å². The molecule has 7 nitrogen and oxygen atoms in total. The molecule has 2 aliphatic heterocycles. The van der Waals surface area contributed by atoms with Gasteiger partial charge < -0.3 is 14.2 Å². The summed E-state index contributed by atoms with van der Waals surface area (Å²) in [6, 6.07) is 9.51. The van der Waals surface area contributed by atoms with E-state index >= 15 is 0 Å². The first-order valence-corrected chi connectivity index (χ1v) is 9.73. The SMILES string of the molecule is CC(Oc1ccccc1)C(=O)N1CCC(c2nnc3n2CCN(C)C3)CC1. The highest BCUT2D eigenvalue weighted by Gasteiger charge is 2.31. The summed E-state index contributed by atoms with van der Waals surface area (Å²) in [5, 5.41) is 8.86. The molecule has 1 aromatic heterocycles.